The van der Waals surface area contributed by atoms with Crippen molar-refractivity contribution in [3.05, 3.63) is 35.9 Å². The Balaban J connectivity index is 1.69. The molecule has 1 aliphatic carbocycles. The fourth-order valence-electron chi connectivity index (χ4n) is 3.10. The van der Waals surface area contributed by atoms with Crippen LogP contribution in [0.4, 0.5) is 0 Å². The van der Waals surface area contributed by atoms with Gasteiger partial charge >= 0.3 is 0 Å². The average Bonchev–Trinajstić information content (AvgIpc) is 2.59. The Bertz CT molecular complexity index is 629. The topological polar surface area (TPSA) is 87.3 Å². The van der Waals surface area contributed by atoms with Crippen molar-refractivity contribution in [3.8, 4) is 0 Å². The molecule has 26 heavy (non-hydrogen) atoms. The maximum Gasteiger partial charge on any atom is 0.251 e. The molecule has 0 bridgehead atoms. The van der Waals surface area contributed by atoms with Gasteiger partial charge in [0.1, 0.15) is 0 Å². The first kappa shape index (κ1) is 19.9. The number of nitrogens with one attached hydrogen (secondary N) is 3. The van der Waals surface area contributed by atoms with Crippen LogP contribution in [0, 0.1) is 5.92 Å². The first-order chi connectivity index (χ1) is 12.2. The van der Waals surface area contributed by atoms with E-state index in [2.05, 4.69) is 16.0 Å². The third-order valence-corrected chi connectivity index (χ3v) is 4.41. The number of amides is 3. The van der Waals surface area contributed by atoms with E-state index in [1.165, 1.54) is 0 Å². The van der Waals surface area contributed by atoms with Gasteiger partial charge in [0.2, 0.25) is 11.8 Å². The molecular weight excluding hydrogens is 330 g/mol. The predicted molar refractivity (Wildman–Crippen MR) is 101 cm³/mol. The number of rotatable bonds is 5. The Labute approximate surface area is 155 Å². The lowest BCUT2D eigenvalue weighted by molar-refractivity contribution is -0.127. The highest BCUT2D eigenvalue weighted by Gasteiger charge is 2.28. The van der Waals surface area contributed by atoms with E-state index in [4.69, 9.17) is 0 Å². The molecule has 0 aliphatic heterocycles. The smallest absolute Gasteiger partial charge is 0.251 e. The summed E-state index contributed by atoms with van der Waals surface area (Å²) < 4.78 is 0. The highest BCUT2D eigenvalue weighted by atomic mass is 16.2. The largest absolute Gasteiger partial charge is 0.352 e. The summed E-state index contributed by atoms with van der Waals surface area (Å²) in [5, 5.41) is 8.59. The summed E-state index contributed by atoms with van der Waals surface area (Å²) in [7, 11) is 0. The lowest BCUT2D eigenvalue weighted by Crippen LogP contribution is -2.47. The second-order valence-electron chi connectivity index (χ2n) is 7.90. The summed E-state index contributed by atoms with van der Waals surface area (Å²) in [6.07, 6.45) is 3.09. The maximum atomic E-state index is 12.2. The van der Waals surface area contributed by atoms with Crippen LogP contribution < -0.4 is 16.0 Å². The lowest BCUT2D eigenvalue weighted by atomic mass is 9.85. The molecule has 3 N–H and O–H groups in total. The van der Waals surface area contributed by atoms with Crippen LogP contribution in [0.1, 0.15) is 56.8 Å². The predicted octanol–water partition coefficient (Wildman–Crippen LogP) is 2.01. The molecule has 0 radical (unpaired) electrons. The third kappa shape index (κ3) is 6.50. The van der Waals surface area contributed by atoms with E-state index in [0.29, 0.717) is 5.56 Å². The molecule has 1 aromatic rings. The van der Waals surface area contributed by atoms with Gasteiger partial charge in [0.25, 0.3) is 5.91 Å². The SMILES string of the molecule is CC(C)(C)NC(=O)C1CCC(NC(=O)CNC(=O)c2ccccc2)CC1. The van der Waals surface area contributed by atoms with Crippen LogP contribution in [0.2, 0.25) is 0 Å². The van der Waals surface area contributed by atoms with Crippen molar-refractivity contribution >= 4 is 17.7 Å². The monoisotopic (exact) mass is 359 g/mol. The van der Waals surface area contributed by atoms with Gasteiger partial charge in [0, 0.05) is 23.1 Å². The molecule has 0 atom stereocenters. The van der Waals surface area contributed by atoms with Crippen molar-refractivity contribution in [3.63, 3.8) is 0 Å². The Morgan fingerprint density at radius 2 is 1.62 bits per heavy atom. The van der Waals surface area contributed by atoms with Crippen LogP contribution in [0.25, 0.3) is 0 Å². The first-order valence-electron chi connectivity index (χ1n) is 9.19. The van der Waals surface area contributed by atoms with Crippen molar-refractivity contribution in [2.24, 2.45) is 5.92 Å². The van der Waals surface area contributed by atoms with E-state index in [0.717, 1.165) is 25.7 Å². The van der Waals surface area contributed by atoms with Gasteiger partial charge < -0.3 is 16.0 Å². The van der Waals surface area contributed by atoms with Crippen molar-refractivity contribution in [2.45, 2.75) is 58.0 Å². The molecular formula is C20H29N3O3. The Kier molecular flexibility index (Phi) is 6.77. The molecule has 6 nitrogen and oxygen atoms in total. The zero-order valence-electron chi connectivity index (χ0n) is 15.8. The van der Waals surface area contributed by atoms with Gasteiger partial charge in [-0.25, -0.2) is 0 Å². The van der Waals surface area contributed by atoms with Crippen LogP contribution >= 0.6 is 0 Å². The molecule has 1 aromatic carbocycles. The van der Waals surface area contributed by atoms with E-state index >= 15 is 0 Å². The van der Waals surface area contributed by atoms with Gasteiger partial charge in [-0.15, -0.1) is 0 Å². The van der Waals surface area contributed by atoms with Crippen LogP contribution in [0.15, 0.2) is 30.3 Å². The highest BCUT2D eigenvalue weighted by molar-refractivity contribution is 5.96. The summed E-state index contributed by atoms with van der Waals surface area (Å²) in [5.74, 6) is -0.349. The molecule has 0 saturated heterocycles. The van der Waals surface area contributed by atoms with E-state index in [9.17, 15) is 14.4 Å². The molecule has 1 aliphatic rings. The summed E-state index contributed by atoms with van der Waals surface area (Å²) in [6.45, 7) is 5.87. The van der Waals surface area contributed by atoms with Crippen molar-refractivity contribution < 1.29 is 14.4 Å². The highest BCUT2D eigenvalue weighted by Crippen LogP contribution is 2.25. The molecule has 1 fully saturated rings. The first-order valence-corrected chi connectivity index (χ1v) is 9.19. The number of carbonyl (C=O) groups is 3. The zero-order valence-corrected chi connectivity index (χ0v) is 15.8. The second kappa shape index (κ2) is 8.83. The number of carbonyl (C=O) groups excluding carboxylic acids is 3. The molecule has 0 aromatic heterocycles. The van der Waals surface area contributed by atoms with E-state index in [1.807, 2.05) is 26.8 Å². The molecule has 1 saturated carbocycles. The van der Waals surface area contributed by atoms with Gasteiger partial charge in [-0.2, -0.15) is 0 Å². The lowest BCUT2D eigenvalue weighted by Gasteiger charge is -2.31. The van der Waals surface area contributed by atoms with Crippen LogP contribution in [-0.2, 0) is 9.59 Å². The van der Waals surface area contributed by atoms with Crippen molar-refractivity contribution in [1.82, 2.24) is 16.0 Å². The standard InChI is InChI=1S/C20H29N3O3/c1-20(2,3)23-19(26)15-9-11-16(12-10-15)22-17(24)13-21-18(25)14-7-5-4-6-8-14/h4-8,15-16H,9-13H2,1-3H3,(H,21,25)(H,22,24)(H,23,26). The summed E-state index contributed by atoms with van der Waals surface area (Å²) in [6, 6.07) is 8.87. The van der Waals surface area contributed by atoms with Gasteiger partial charge in [-0.1, -0.05) is 18.2 Å². The molecule has 142 valence electrons. The fourth-order valence-corrected chi connectivity index (χ4v) is 3.10. The number of hydrogen-bond donors (Lipinski definition) is 3. The molecule has 6 heteroatoms. The quantitative estimate of drug-likeness (QED) is 0.751. The molecule has 3 amide bonds. The second-order valence-corrected chi connectivity index (χ2v) is 7.90. The Morgan fingerprint density at radius 3 is 2.19 bits per heavy atom. The van der Waals surface area contributed by atoms with Crippen LogP contribution in [0.3, 0.4) is 0 Å². The van der Waals surface area contributed by atoms with Crippen molar-refractivity contribution in [2.75, 3.05) is 6.54 Å². The van der Waals surface area contributed by atoms with E-state index in [-0.39, 0.29) is 41.8 Å². The van der Waals surface area contributed by atoms with E-state index < -0.39 is 0 Å². The summed E-state index contributed by atoms with van der Waals surface area (Å²) in [4.78, 5) is 36.2. The number of hydrogen-bond acceptors (Lipinski definition) is 3. The zero-order chi connectivity index (χ0) is 19.2. The third-order valence-electron chi connectivity index (χ3n) is 4.41. The molecule has 0 heterocycles. The normalized spacial score (nSPS) is 20.1. The van der Waals surface area contributed by atoms with Gasteiger partial charge in [-0.3, -0.25) is 14.4 Å². The molecule has 0 unspecified atom stereocenters. The minimum atomic E-state index is -0.261. The van der Waals surface area contributed by atoms with Crippen LogP contribution in [-0.4, -0.2) is 35.8 Å². The average molecular weight is 359 g/mol. The van der Waals surface area contributed by atoms with Crippen LogP contribution in [0.5, 0.6) is 0 Å². The number of benzene rings is 1. The molecule has 2 rings (SSSR count). The Hall–Kier alpha value is -2.37. The Morgan fingerprint density at radius 1 is 1.00 bits per heavy atom. The van der Waals surface area contributed by atoms with E-state index in [1.54, 1.807) is 24.3 Å². The maximum absolute atomic E-state index is 12.2. The van der Waals surface area contributed by atoms with Gasteiger partial charge in [0.15, 0.2) is 0 Å². The van der Waals surface area contributed by atoms with Gasteiger partial charge in [-0.05, 0) is 58.6 Å². The molecule has 0 spiro atoms. The van der Waals surface area contributed by atoms with Gasteiger partial charge in [0.05, 0.1) is 6.54 Å². The fraction of sp³-hybridized carbons (Fsp3) is 0.550. The minimum Gasteiger partial charge on any atom is -0.352 e. The summed E-state index contributed by atoms with van der Waals surface area (Å²) in [5.41, 5.74) is 0.310. The van der Waals surface area contributed by atoms with Crippen molar-refractivity contribution in [1.29, 1.82) is 0 Å². The summed E-state index contributed by atoms with van der Waals surface area (Å²) >= 11 is 0. The minimum absolute atomic E-state index is 0.0140.